The lowest BCUT2D eigenvalue weighted by atomic mass is 10.0. The molecule has 0 aliphatic rings. The van der Waals surface area contributed by atoms with E-state index in [1.165, 1.54) is 6.33 Å². The number of nitrogens with one attached hydrogen (secondary N) is 2. The highest BCUT2D eigenvalue weighted by Crippen LogP contribution is 2.25. The van der Waals surface area contributed by atoms with Crippen molar-refractivity contribution >= 4 is 16.8 Å². The van der Waals surface area contributed by atoms with E-state index in [9.17, 15) is 4.79 Å². The Morgan fingerprint density at radius 3 is 2.73 bits per heavy atom. The molecule has 2 aromatic carbocycles. The molecule has 1 amide bonds. The Morgan fingerprint density at radius 2 is 1.96 bits per heavy atom. The fourth-order valence-electron chi connectivity index (χ4n) is 3.08. The number of rotatable bonds is 5. The second-order valence-corrected chi connectivity index (χ2v) is 6.16. The van der Waals surface area contributed by atoms with E-state index >= 15 is 0 Å². The van der Waals surface area contributed by atoms with Crippen molar-refractivity contribution in [1.82, 2.24) is 30.3 Å². The van der Waals surface area contributed by atoms with Gasteiger partial charge >= 0.3 is 0 Å². The van der Waals surface area contributed by atoms with Crippen LogP contribution in [0.25, 0.3) is 10.9 Å². The quantitative estimate of drug-likeness (QED) is 0.581. The Balaban J connectivity index is 1.60. The third-order valence-electron chi connectivity index (χ3n) is 4.45. The third-order valence-corrected chi connectivity index (χ3v) is 4.45. The molecule has 0 aliphatic carbocycles. The summed E-state index contributed by atoms with van der Waals surface area (Å²) in [6.45, 7) is 0. The molecule has 0 radical (unpaired) electrons. The predicted octanol–water partition coefficient (Wildman–Crippen LogP) is 2.47. The number of hydrogen-bond acceptors (Lipinski definition) is 4. The molecular weight excluding hydrogens is 328 g/mol. The summed E-state index contributed by atoms with van der Waals surface area (Å²) < 4.78 is 0. The maximum atomic E-state index is 12.9. The molecular formula is C19H18N6O. The van der Waals surface area contributed by atoms with Gasteiger partial charge in [0.2, 0.25) is 5.91 Å². The van der Waals surface area contributed by atoms with E-state index in [-0.39, 0.29) is 11.9 Å². The molecule has 1 unspecified atom stereocenters. The molecule has 2 N–H and O–H groups in total. The summed E-state index contributed by atoms with van der Waals surface area (Å²) in [5.41, 5.74) is 2.83. The standard InChI is InChI=1S/C19H18N6O/c1-25(17(26)10-13-7-8-15-11-21-23-16(15)9-13)18(19-20-12-22-24-19)14-5-3-2-4-6-14/h2-9,11-12,18H,10H2,1H3,(H,21,23)(H,20,22,24). The molecule has 1 atom stereocenters. The number of carbonyl (C=O) groups excluding carboxylic acids is 1. The lowest BCUT2D eigenvalue weighted by Crippen LogP contribution is -2.33. The molecule has 4 aromatic rings. The van der Waals surface area contributed by atoms with E-state index in [2.05, 4.69) is 25.4 Å². The molecule has 2 heterocycles. The lowest BCUT2D eigenvalue weighted by Gasteiger charge is -2.27. The van der Waals surface area contributed by atoms with Crippen LogP contribution in [-0.2, 0) is 11.2 Å². The first-order valence-corrected chi connectivity index (χ1v) is 8.30. The van der Waals surface area contributed by atoms with Gasteiger partial charge in [-0.25, -0.2) is 4.98 Å². The van der Waals surface area contributed by atoms with Crippen molar-refractivity contribution in [3.8, 4) is 0 Å². The molecule has 2 aromatic heterocycles. The smallest absolute Gasteiger partial charge is 0.227 e. The molecule has 0 spiro atoms. The van der Waals surface area contributed by atoms with Crippen molar-refractivity contribution in [2.45, 2.75) is 12.5 Å². The van der Waals surface area contributed by atoms with E-state index in [1.807, 2.05) is 48.5 Å². The third kappa shape index (κ3) is 3.06. The molecule has 0 bridgehead atoms. The first-order chi connectivity index (χ1) is 12.7. The topological polar surface area (TPSA) is 90.6 Å². The second kappa shape index (κ2) is 6.79. The van der Waals surface area contributed by atoms with Crippen LogP contribution in [0.1, 0.15) is 23.0 Å². The van der Waals surface area contributed by atoms with Gasteiger partial charge in [0.25, 0.3) is 0 Å². The Labute approximate surface area is 150 Å². The molecule has 0 saturated carbocycles. The van der Waals surface area contributed by atoms with Gasteiger partial charge in [0.05, 0.1) is 18.1 Å². The predicted molar refractivity (Wildman–Crippen MR) is 97.2 cm³/mol. The summed E-state index contributed by atoms with van der Waals surface area (Å²) in [6.07, 6.45) is 3.51. The molecule has 0 aliphatic heterocycles. The summed E-state index contributed by atoms with van der Waals surface area (Å²) in [6, 6.07) is 15.4. The minimum absolute atomic E-state index is 0.00545. The average Bonchev–Trinajstić information content (AvgIpc) is 3.34. The second-order valence-electron chi connectivity index (χ2n) is 6.16. The number of benzene rings is 2. The summed E-state index contributed by atoms with van der Waals surface area (Å²) in [5.74, 6) is 0.630. The normalized spacial score (nSPS) is 12.2. The van der Waals surface area contributed by atoms with E-state index in [0.717, 1.165) is 22.0 Å². The number of nitrogens with zero attached hydrogens (tertiary/aromatic N) is 4. The zero-order chi connectivity index (χ0) is 17.9. The van der Waals surface area contributed by atoms with Gasteiger partial charge in [0.15, 0.2) is 5.82 Å². The minimum atomic E-state index is -0.318. The number of likely N-dealkylation sites (N-methyl/N-ethyl adjacent to an activating group) is 1. The molecule has 130 valence electrons. The van der Waals surface area contributed by atoms with Crippen molar-refractivity contribution in [3.05, 3.63) is 78.0 Å². The first kappa shape index (κ1) is 16.0. The fraction of sp³-hybridized carbons (Fsp3) is 0.158. The number of aromatic amines is 2. The van der Waals surface area contributed by atoms with Gasteiger partial charge in [-0.05, 0) is 17.2 Å². The van der Waals surface area contributed by atoms with E-state index in [4.69, 9.17) is 0 Å². The minimum Gasteiger partial charge on any atom is -0.331 e. The largest absolute Gasteiger partial charge is 0.331 e. The van der Waals surface area contributed by atoms with Crippen LogP contribution >= 0.6 is 0 Å². The van der Waals surface area contributed by atoms with Crippen molar-refractivity contribution in [2.24, 2.45) is 0 Å². The van der Waals surface area contributed by atoms with Crippen LogP contribution in [0.15, 0.2) is 61.1 Å². The molecule has 7 heteroatoms. The van der Waals surface area contributed by atoms with Gasteiger partial charge in [-0.1, -0.05) is 42.5 Å². The van der Waals surface area contributed by atoms with Crippen molar-refractivity contribution in [2.75, 3.05) is 7.05 Å². The van der Waals surface area contributed by atoms with Crippen molar-refractivity contribution < 1.29 is 4.79 Å². The van der Waals surface area contributed by atoms with Crippen LogP contribution < -0.4 is 0 Å². The molecule has 0 fully saturated rings. The molecule has 0 saturated heterocycles. The maximum Gasteiger partial charge on any atom is 0.227 e. The highest BCUT2D eigenvalue weighted by molar-refractivity contribution is 5.83. The van der Waals surface area contributed by atoms with Gasteiger partial charge in [-0.2, -0.15) is 10.2 Å². The lowest BCUT2D eigenvalue weighted by molar-refractivity contribution is -0.130. The number of carbonyl (C=O) groups is 1. The summed E-state index contributed by atoms with van der Waals surface area (Å²) in [4.78, 5) is 18.9. The van der Waals surface area contributed by atoms with Gasteiger partial charge < -0.3 is 4.90 Å². The number of fused-ring (bicyclic) bond motifs is 1. The van der Waals surface area contributed by atoms with Crippen LogP contribution in [0.2, 0.25) is 0 Å². The Hall–Kier alpha value is -3.48. The number of amides is 1. The SMILES string of the molecule is CN(C(=O)Cc1ccc2cn[nH]c2c1)C(c1ccccc1)c1ncn[nH]1. The highest BCUT2D eigenvalue weighted by atomic mass is 16.2. The zero-order valence-corrected chi connectivity index (χ0v) is 14.3. The molecule has 26 heavy (non-hydrogen) atoms. The van der Waals surface area contributed by atoms with Crippen molar-refractivity contribution in [1.29, 1.82) is 0 Å². The van der Waals surface area contributed by atoms with Crippen molar-refractivity contribution in [3.63, 3.8) is 0 Å². The van der Waals surface area contributed by atoms with Gasteiger partial charge in [-0.15, -0.1) is 0 Å². The van der Waals surface area contributed by atoms with Crippen LogP contribution in [0.5, 0.6) is 0 Å². The van der Waals surface area contributed by atoms with Crippen LogP contribution in [-0.4, -0.2) is 43.2 Å². The van der Waals surface area contributed by atoms with Gasteiger partial charge in [0.1, 0.15) is 12.4 Å². The molecule has 4 rings (SSSR count). The summed E-state index contributed by atoms with van der Waals surface area (Å²) in [7, 11) is 1.79. The van der Waals surface area contributed by atoms with Crippen LogP contribution in [0, 0.1) is 0 Å². The Morgan fingerprint density at radius 1 is 1.12 bits per heavy atom. The summed E-state index contributed by atoms with van der Waals surface area (Å²) in [5, 5.41) is 14.8. The van der Waals surface area contributed by atoms with Crippen LogP contribution in [0.3, 0.4) is 0 Å². The summed E-state index contributed by atoms with van der Waals surface area (Å²) >= 11 is 0. The maximum absolute atomic E-state index is 12.9. The Bertz CT molecular complexity index is 1010. The number of H-pyrrole nitrogens is 2. The fourth-order valence-corrected chi connectivity index (χ4v) is 3.08. The van der Waals surface area contributed by atoms with Gasteiger partial charge in [-0.3, -0.25) is 15.0 Å². The first-order valence-electron chi connectivity index (χ1n) is 8.30. The van der Waals surface area contributed by atoms with E-state index in [0.29, 0.717) is 12.2 Å². The molecule has 7 nitrogen and oxygen atoms in total. The van der Waals surface area contributed by atoms with E-state index in [1.54, 1.807) is 18.1 Å². The number of aromatic nitrogens is 5. The monoisotopic (exact) mass is 346 g/mol. The zero-order valence-electron chi connectivity index (χ0n) is 14.3. The van der Waals surface area contributed by atoms with Crippen LogP contribution in [0.4, 0.5) is 0 Å². The van der Waals surface area contributed by atoms with E-state index < -0.39 is 0 Å². The average molecular weight is 346 g/mol. The number of hydrogen-bond donors (Lipinski definition) is 2. The highest BCUT2D eigenvalue weighted by Gasteiger charge is 2.25. The Kier molecular flexibility index (Phi) is 4.18. The van der Waals surface area contributed by atoms with Gasteiger partial charge in [0, 0.05) is 12.4 Å².